The van der Waals surface area contributed by atoms with Crippen LogP contribution in [0.3, 0.4) is 0 Å². The van der Waals surface area contributed by atoms with Crippen molar-refractivity contribution in [1.29, 1.82) is 0 Å². The molecule has 3 N–H and O–H groups in total. The second kappa shape index (κ2) is 11.8. The Bertz CT molecular complexity index is 1300. The molecule has 0 spiro atoms. The van der Waals surface area contributed by atoms with E-state index in [9.17, 15) is 18.0 Å². The van der Waals surface area contributed by atoms with Crippen molar-refractivity contribution in [3.05, 3.63) is 96.9 Å². The van der Waals surface area contributed by atoms with Gasteiger partial charge in [-0.3, -0.25) is 4.79 Å². The molecular formula is C26H25F3N6O2. The normalized spacial score (nSPS) is 11.7. The molecule has 3 rings (SSSR count). The van der Waals surface area contributed by atoms with Crippen LogP contribution in [0.1, 0.15) is 18.1 Å². The van der Waals surface area contributed by atoms with Gasteiger partial charge in [0.05, 0.1) is 31.1 Å². The Morgan fingerprint density at radius 2 is 1.70 bits per heavy atom. The largest absolute Gasteiger partial charge is 0.481 e. The van der Waals surface area contributed by atoms with Crippen LogP contribution in [-0.2, 0) is 17.4 Å². The summed E-state index contributed by atoms with van der Waals surface area (Å²) in [5.74, 6) is -0.663. The van der Waals surface area contributed by atoms with Gasteiger partial charge in [-0.25, -0.2) is 15.0 Å². The maximum Gasteiger partial charge on any atom is 0.421 e. The van der Waals surface area contributed by atoms with Crippen LogP contribution in [0.2, 0.25) is 0 Å². The molecule has 0 aliphatic rings. The maximum absolute atomic E-state index is 13.2. The number of anilines is 2. The number of aromatic nitrogens is 3. The van der Waals surface area contributed by atoms with E-state index >= 15 is 0 Å². The van der Waals surface area contributed by atoms with Gasteiger partial charge in [-0.1, -0.05) is 37.4 Å². The molecule has 0 saturated heterocycles. The number of benzene rings is 1. The summed E-state index contributed by atoms with van der Waals surface area (Å²) in [6.45, 7) is 9.25. The molecule has 0 aliphatic heterocycles. The van der Waals surface area contributed by atoms with Gasteiger partial charge in [0, 0.05) is 23.7 Å². The molecule has 2 aromatic heterocycles. The molecule has 37 heavy (non-hydrogen) atoms. The number of amides is 1. The lowest BCUT2D eigenvalue weighted by molar-refractivity contribution is -0.139. The van der Waals surface area contributed by atoms with Gasteiger partial charge < -0.3 is 20.7 Å². The Morgan fingerprint density at radius 3 is 2.27 bits per heavy atom. The van der Waals surface area contributed by atoms with E-state index in [-0.39, 0.29) is 12.1 Å². The third-order valence-corrected chi connectivity index (χ3v) is 5.11. The molecule has 0 aliphatic carbocycles. The zero-order valence-electron chi connectivity index (χ0n) is 20.2. The SMILES string of the molecule is C=CN/C(C)=C(\C=C)Nc1ncc(-c2ccc(CC(=O)Nc3cnc(OC)c(C(F)(F)F)c3)cc2)cn1. The molecule has 8 nitrogen and oxygen atoms in total. The van der Waals surface area contributed by atoms with Crippen LogP contribution in [0.5, 0.6) is 5.88 Å². The molecule has 11 heteroatoms. The lowest BCUT2D eigenvalue weighted by Gasteiger charge is -2.13. The number of ether oxygens (including phenoxy) is 1. The number of nitrogens with one attached hydrogen (secondary N) is 3. The lowest BCUT2D eigenvalue weighted by atomic mass is 10.0. The second-order valence-electron chi connectivity index (χ2n) is 7.71. The molecule has 1 amide bonds. The van der Waals surface area contributed by atoms with Crippen molar-refractivity contribution < 1.29 is 22.7 Å². The van der Waals surface area contributed by atoms with Crippen molar-refractivity contribution in [2.75, 3.05) is 17.7 Å². The number of carbonyl (C=O) groups excluding carboxylic acids is 1. The number of methoxy groups -OCH3 is 1. The molecule has 0 radical (unpaired) electrons. The number of hydrogen-bond acceptors (Lipinski definition) is 7. The van der Waals surface area contributed by atoms with Crippen molar-refractivity contribution >= 4 is 17.5 Å². The van der Waals surface area contributed by atoms with E-state index in [4.69, 9.17) is 0 Å². The molecule has 192 valence electrons. The zero-order valence-corrected chi connectivity index (χ0v) is 20.2. The summed E-state index contributed by atoms with van der Waals surface area (Å²) in [5.41, 5.74) is 2.62. The monoisotopic (exact) mass is 510 g/mol. The number of nitrogens with zero attached hydrogens (tertiary/aromatic N) is 3. The number of pyridine rings is 1. The zero-order chi connectivity index (χ0) is 27.0. The Kier molecular flexibility index (Phi) is 8.62. The van der Waals surface area contributed by atoms with Gasteiger partial charge in [-0.05, 0) is 36.4 Å². The highest BCUT2D eigenvalue weighted by Crippen LogP contribution is 2.36. The average molecular weight is 511 g/mol. The van der Waals surface area contributed by atoms with Gasteiger partial charge in [-0.15, -0.1) is 0 Å². The van der Waals surface area contributed by atoms with Crippen LogP contribution in [0.15, 0.2) is 85.8 Å². The number of rotatable bonds is 10. The first-order chi connectivity index (χ1) is 17.6. The smallest absolute Gasteiger partial charge is 0.421 e. The van der Waals surface area contributed by atoms with Gasteiger partial charge in [0.25, 0.3) is 0 Å². The van der Waals surface area contributed by atoms with E-state index in [2.05, 4.69) is 48.8 Å². The van der Waals surface area contributed by atoms with E-state index in [1.807, 2.05) is 6.92 Å². The second-order valence-corrected chi connectivity index (χ2v) is 7.71. The lowest BCUT2D eigenvalue weighted by Crippen LogP contribution is -2.16. The molecule has 1 aromatic carbocycles. The van der Waals surface area contributed by atoms with Crippen molar-refractivity contribution in [3.8, 4) is 17.0 Å². The summed E-state index contributed by atoms with van der Waals surface area (Å²) in [4.78, 5) is 24.7. The molecule has 0 unspecified atom stereocenters. The minimum atomic E-state index is -4.67. The molecule has 2 heterocycles. The predicted octanol–water partition coefficient (Wildman–Crippen LogP) is 5.31. The van der Waals surface area contributed by atoms with Crippen molar-refractivity contribution in [3.63, 3.8) is 0 Å². The summed E-state index contributed by atoms with van der Waals surface area (Å²) in [6.07, 6.45) is 2.90. The summed E-state index contributed by atoms with van der Waals surface area (Å²) < 4.78 is 44.2. The quantitative estimate of drug-likeness (QED) is 0.318. The maximum atomic E-state index is 13.2. The number of halogens is 3. The summed E-state index contributed by atoms with van der Waals surface area (Å²) >= 11 is 0. The Hall–Kier alpha value is -4.67. The molecule has 0 bridgehead atoms. The van der Waals surface area contributed by atoms with Gasteiger partial charge in [0.15, 0.2) is 0 Å². The van der Waals surface area contributed by atoms with Crippen LogP contribution in [0.25, 0.3) is 11.1 Å². The van der Waals surface area contributed by atoms with Gasteiger partial charge in [0.1, 0.15) is 5.56 Å². The Labute approximate surface area is 212 Å². The third kappa shape index (κ3) is 7.17. The highest BCUT2D eigenvalue weighted by molar-refractivity contribution is 5.92. The topological polar surface area (TPSA) is 101 Å². The first-order valence-corrected chi connectivity index (χ1v) is 10.9. The van der Waals surface area contributed by atoms with Crippen LogP contribution in [-0.4, -0.2) is 28.0 Å². The molecule has 0 saturated carbocycles. The van der Waals surface area contributed by atoms with Crippen LogP contribution < -0.4 is 20.7 Å². The fourth-order valence-electron chi connectivity index (χ4n) is 3.28. The summed E-state index contributed by atoms with van der Waals surface area (Å²) in [7, 11) is 1.09. The Morgan fingerprint density at radius 1 is 1.03 bits per heavy atom. The fraction of sp³-hybridized carbons (Fsp3) is 0.154. The molecule has 3 aromatic rings. The summed E-state index contributed by atoms with van der Waals surface area (Å²) in [6, 6.07) is 7.89. The van der Waals surface area contributed by atoms with Gasteiger partial charge >= 0.3 is 6.18 Å². The van der Waals surface area contributed by atoms with Crippen molar-refractivity contribution in [2.24, 2.45) is 0 Å². The van der Waals surface area contributed by atoms with Gasteiger partial charge in [-0.2, -0.15) is 13.2 Å². The minimum absolute atomic E-state index is 0.0399. The molecule has 0 fully saturated rings. The van der Waals surface area contributed by atoms with Crippen molar-refractivity contribution in [2.45, 2.75) is 19.5 Å². The summed E-state index contributed by atoms with van der Waals surface area (Å²) in [5, 5.41) is 8.48. The predicted molar refractivity (Wildman–Crippen MR) is 135 cm³/mol. The molecular weight excluding hydrogens is 485 g/mol. The van der Waals surface area contributed by atoms with Crippen molar-refractivity contribution in [1.82, 2.24) is 20.3 Å². The first-order valence-electron chi connectivity index (χ1n) is 10.9. The van der Waals surface area contributed by atoms with E-state index in [1.54, 1.807) is 48.9 Å². The number of alkyl halides is 3. The average Bonchev–Trinajstić information content (AvgIpc) is 2.87. The minimum Gasteiger partial charge on any atom is -0.481 e. The van der Waals surface area contributed by atoms with Gasteiger partial charge in [0.2, 0.25) is 17.7 Å². The third-order valence-electron chi connectivity index (χ3n) is 5.11. The van der Waals surface area contributed by atoms with E-state index < -0.39 is 23.5 Å². The molecule has 0 atom stereocenters. The standard InChI is InChI=1S/C26H25F3N6O2/c1-5-22(16(3)30-6-2)35-25-32-13-19(14-33-25)18-9-7-17(8-10-18)11-23(36)34-20-12-21(26(27,28)29)24(37-4)31-15-20/h5-10,12-15,30H,1-2,11H2,3-4H3,(H,34,36)(H,32,33,35)/b22-16+. The number of carbonyl (C=O) groups is 1. The van der Waals surface area contributed by atoms with Crippen LogP contribution in [0.4, 0.5) is 24.8 Å². The van der Waals surface area contributed by atoms with Crippen LogP contribution in [0, 0.1) is 0 Å². The Balaban J connectivity index is 1.65. The van der Waals surface area contributed by atoms with E-state index in [1.165, 1.54) is 0 Å². The highest BCUT2D eigenvalue weighted by atomic mass is 19.4. The van der Waals surface area contributed by atoms with E-state index in [0.29, 0.717) is 17.2 Å². The fourth-order valence-corrected chi connectivity index (χ4v) is 3.28. The highest BCUT2D eigenvalue weighted by Gasteiger charge is 2.35. The number of hydrogen-bond donors (Lipinski definition) is 3. The van der Waals surface area contributed by atoms with E-state index in [0.717, 1.165) is 36.2 Å². The number of allylic oxidation sites excluding steroid dienone is 2. The first kappa shape index (κ1) is 26.9. The van der Waals surface area contributed by atoms with Crippen LogP contribution >= 0.6 is 0 Å².